The summed E-state index contributed by atoms with van der Waals surface area (Å²) in [7, 11) is 1.97. The van der Waals surface area contributed by atoms with Gasteiger partial charge in [-0.15, -0.1) is 0 Å². The lowest BCUT2D eigenvalue weighted by Gasteiger charge is -2.27. The van der Waals surface area contributed by atoms with E-state index in [-0.39, 0.29) is 0 Å². The predicted octanol–water partition coefficient (Wildman–Crippen LogP) is 2.04. The van der Waals surface area contributed by atoms with Gasteiger partial charge in [-0.25, -0.2) is 9.97 Å². The second-order valence-corrected chi connectivity index (χ2v) is 7.44. The first kappa shape index (κ1) is 15.8. The van der Waals surface area contributed by atoms with Crippen molar-refractivity contribution in [1.29, 1.82) is 0 Å². The zero-order chi connectivity index (χ0) is 17.5. The fraction of sp³-hybridized carbons (Fsp3) is 0.450. The van der Waals surface area contributed by atoms with Crippen LogP contribution in [0.5, 0.6) is 0 Å². The van der Waals surface area contributed by atoms with Crippen molar-refractivity contribution >= 4 is 17.1 Å². The molecule has 2 aliphatic rings. The van der Waals surface area contributed by atoms with Crippen molar-refractivity contribution in [2.24, 2.45) is 7.05 Å². The Balaban J connectivity index is 1.29. The highest BCUT2D eigenvalue weighted by atomic mass is 15.3. The number of aryl methyl sites for hydroxylation is 1. The summed E-state index contributed by atoms with van der Waals surface area (Å²) in [5.41, 5.74) is 4.82. The van der Waals surface area contributed by atoms with Crippen LogP contribution in [0.3, 0.4) is 0 Å². The molecule has 1 aliphatic carbocycles. The number of fused-ring (bicyclic) bond motifs is 2. The number of benzene rings is 1. The maximum absolute atomic E-state index is 4.68. The van der Waals surface area contributed by atoms with Crippen molar-refractivity contribution in [3.05, 3.63) is 47.9 Å². The molecule has 0 saturated carbocycles. The lowest BCUT2D eigenvalue weighted by atomic mass is 10.1. The second-order valence-electron chi connectivity index (χ2n) is 7.44. The number of hydrogen-bond acceptors (Lipinski definition) is 5. The number of aromatic nitrogens is 4. The van der Waals surface area contributed by atoms with Gasteiger partial charge >= 0.3 is 0 Å². The van der Waals surface area contributed by atoms with E-state index >= 15 is 0 Å². The Morgan fingerprint density at radius 3 is 2.58 bits per heavy atom. The van der Waals surface area contributed by atoms with E-state index in [1.54, 1.807) is 6.33 Å². The molecule has 6 nitrogen and oxygen atoms in total. The largest absolute Gasteiger partial charge is 0.339 e. The molecule has 26 heavy (non-hydrogen) atoms. The third-order valence-electron chi connectivity index (χ3n) is 5.83. The maximum Gasteiger partial charge on any atom is 0.227 e. The molecule has 6 heteroatoms. The summed E-state index contributed by atoms with van der Waals surface area (Å²) in [6.45, 7) is 4.21. The number of imidazole rings is 1. The molecule has 1 aromatic carbocycles. The van der Waals surface area contributed by atoms with E-state index in [4.69, 9.17) is 0 Å². The van der Waals surface area contributed by atoms with Crippen LogP contribution in [0, 0.1) is 0 Å². The predicted molar refractivity (Wildman–Crippen MR) is 102 cm³/mol. The highest BCUT2D eigenvalue weighted by molar-refractivity contribution is 5.70. The minimum Gasteiger partial charge on any atom is -0.339 e. The van der Waals surface area contributed by atoms with Crippen molar-refractivity contribution in [2.75, 3.05) is 31.1 Å². The lowest BCUT2D eigenvalue weighted by Crippen LogP contribution is -2.39. The van der Waals surface area contributed by atoms with Gasteiger partial charge in [0, 0.05) is 39.3 Å². The Morgan fingerprint density at radius 2 is 1.77 bits per heavy atom. The minimum atomic E-state index is 0.645. The molecule has 1 fully saturated rings. The smallest absolute Gasteiger partial charge is 0.227 e. The molecule has 0 bridgehead atoms. The molecule has 0 unspecified atom stereocenters. The van der Waals surface area contributed by atoms with Crippen LogP contribution in [0.25, 0.3) is 11.2 Å². The maximum atomic E-state index is 4.68. The van der Waals surface area contributed by atoms with Crippen LogP contribution in [0.2, 0.25) is 0 Å². The van der Waals surface area contributed by atoms with Crippen LogP contribution in [0.15, 0.2) is 36.8 Å². The normalized spacial score (nSPS) is 19.0. The molecule has 134 valence electrons. The van der Waals surface area contributed by atoms with Gasteiger partial charge in [-0.2, -0.15) is 4.98 Å². The SMILES string of the molecule is Cn1cnc2nc(N3CCCN(C4Cc5ccccc5C4)CC3)ncc21. The molecule has 1 saturated heterocycles. The van der Waals surface area contributed by atoms with Gasteiger partial charge in [-0.3, -0.25) is 4.90 Å². The number of hydrogen-bond donors (Lipinski definition) is 0. The highest BCUT2D eigenvalue weighted by Gasteiger charge is 2.28. The summed E-state index contributed by atoms with van der Waals surface area (Å²) in [5, 5.41) is 0. The van der Waals surface area contributed by atoms with Crippen LogP contribution in [-0.2, 0) is 19.9 Å². The minimum absolute atomic E-state index is 0.645. The zero-order valence-corrected chi connectivity index (χ0v) is 15.2. The monoisotopic (exact) mass is 348 g/mol. The first-order valence-corrected chi connectivity index (χ1v) is 9.48. The standard InChI is InChI=1S/C20H24N6/c1-24-14-22-19-18(24)13-21-20(23-19)26-8-4-7-25(9-10-26)17-11-15-5-2-3-6-16(15)12-17/h2-3,5-6,13-14,17H,4,7-12H2,1H3. The van der Waals surface area contributed by atoms with E-state index in [2.05, 4.69) is 49.0 Å². The summed E-state index contributed by atoms with van der Waals surface area (Å²) in [6.07, 6.45) is 7.21. The summed E-state index contributed by atoms with van der Waals surface area (Å²) in [5.74, 6) is 0.813. The van der Waals surface area contributed by atoms with Gasteiger partial charge in [0.05, 0.1) is 12.5 Å². The summed E-state index contributed by atoms with van der Waals surface area (Å²) in [4.78, 5) is 18.6. The van der Waals surface area contributed by atoms with Crippen molar-refractivity contribution in [1.82, 2.24) is 24.4 Å². The van der Waals surface area contributed by atoms with Gasteiger partial charge in [0.1, 0.15) is 5.52 Å². The van der Waals surface area contributed by atoms with Crippen LogP contribution < -0.4 is 4.90 Å². The zero-order valence-electron chi connectivity index (χ0n) is 15.2. The Kier molecular flexibility index (Phi) is 3.85. The molecular weight excluding hydrogens is 324 g/mol. The average molecular weight is 348 g/mol. The van der Waals surface area contributed by atoms with Crippen LogP contribution in [0.1, 0.15) is 17.5 Å². The van der Waals surface area contributed by atoms with Crippen molar-refractivity contribution in [3.8, 4) is 0 Å². The lowest BCUT2D eigenvalue weighted by molar-refractivity contribution is 0.216. The average Bonchev–Trinajstić information content (AvgIpc) is 3.17. The van der Waals surface area contributed by atoms with Crippen LogP contribution in [0.4, 0.5) is 5.95 Å². The van der Waals surface area contributed by atoms with Gasteiger partial charge in [0.2, 0.25) is 5.95 Å². The Hall–Kier alpha value is -2.47. The van der Waals surface area contributed by atoms with Gasteiger partial charge in [-0.1, -0.05) is 24.3 Å². The topological polar surface area (TPSA) is 50.1 Å². The molecule has 1 aliphatic heterocycles. The Labute approximate surface area is 153 Å². The quantitative estimate of drug-likeness (QED) is 0.709. The van der Waals surface area contributed by atoms with E-state index < -0.39 is 0 Å². The molecule has 0 N–H and O–H groups in total. The van der Waals surface area contributed by atoms with Crippen molar-refractivity contribution in [3.63, 3.8) is 0 Å². The van der Waals surface area contributed by atoms with E-state index in [1.807, 2.05) is 17.8 Å². The molecule has 0 atom stereocenters. The van der Waals surface area contributed by atoms with Gasteiger partial charge in [-0.05, 0) is 30.4 Å². The third-order valence-corrected chi connectivity index (χ3v) is 5.83. The van der Waals surface area contributed by atoms with E-state index in [1.165, 1.54) is 24.0 Å². The summed E-state index contributed by atoms with van der Waals surface area (Å²) in [6, 6.07) is 9.55. The molecule has 0 spiro atoms. The third kappa shape index (κ3) is 2.74. The van der Waals surface area contributed by atoms with E-state index in [0.29, 0.717) is 6.04 Å². The highest BCUT2D eigenvalue weighted by Crippen LogP contribution is 2.26. The first-order chi connectivity index (χ1) is 12.8. The first-order valence-electron chi connectivity index (χ1n) is 9.48. The van der Waals surface area contributed by atoms with E-state index in [9.17, 15) is 0 Å². The number of anilines is 1. The van der Waals surface area contributed by atoms with Crippen molar-refractivity contribution in [2.45, 2.75) is 25.3 Å². The molecule has 3 heterocycles. The second kappa shape index (κ2) is 6.36. The Bertz CT molecular complexity index is 908. The van der Waals surface area contributed by atoms with Gasteiger partial charge in [0.25, 0.3) is 0 Å². The molecular formula is C20H24N6. The van der Waals surface area contributed by atoms with Crippen molar-refractivity contribution < 1.29 is 0 Å². The molecule has 0 radical (unpaired) electrons. The number of rotatable bonds is 2. The number of nitrogens with zero attached hydrogens (tertiary/aromatic N) is 6. The fourth-order valence-electron chi connectivity index (χ4n) is 4.35. The van der Waals surface area contributed by atoms with Crippen LogP contribution >= 0.6 is 0 Å². The molecule has 0 amide bonds. The molecule has 2 aromatic heterocycles. The van der Waals surface area contributed by atoms with Gasteiger partial charge < -0.3 is 9.47 Å². The van der Waals surface area contributed by atoms with E-state index in [0.717, 1.165) is 49.7 Å². The van der Waals surface area contributed by atoms with Gasteiger partial charge in [0.15, 0.2) is 5.65 Å². The summed E-state index contributed by atoms with van der Waals surface area (Å²) >= 11 is 0. The summed E-state index contributed by atoms with van der Waals surface area (Å²) < 4.78 is 1.96. The fourth-order valence-corrected chi connectivity index (χ4v) is 4.35. The molecule has 3 aromatic rings. The van der Waals surface area contributed by atoms with Crippen LogP contribution in [-0.4, -0.2) is 56.6 Å². The molecule has 5 rings (SSSR count). The Morgan fingerprint density at radius 1 is 0.962 bits per heavy atom.